The Morgan fingerprint density at radius 1 is 1.30 bits per heavy atom. The normalized spacial score (nSPS) is 16.7. The number of H-pyrrole nitrogens is 1. The van der Waals surface area contributed by atoms with Gasteiger partial charge < -0.3 is 10.1 Å². The van der Waals surface area contributed by atoms with Gasteiger partial charge in [-0.15, -0.1) is 0 Å². The van der Waals surface area contributed by atoms with Gasteiger partial charge >= 0.3 is 0 Å². The highest BCUT2D eigenvalue weighted by Crippen LogP contribution is 2.34. The van der Waals surface area contributed by atoms with Crippen LogP contribution in [0.2, 0.25) is 0 Å². The van der Waals surface area contributed by atoms with Crippen LogP contribution in [0.5, 0.6) is 5.75 Å². The van der Waals surface area contributed by atoms with E-state index in [9.17, 15) is 13.2 Å². The molecule has 0 saturated heterocycles. The Morgan fingerprint density at radius 2 is 2.07 bits per heavy atom. The number of carbonyl (C=O) groups is 1. The number of aryl methyl sites for hydroxylation is 1. The fourth-order valence-corrected chi connectivity index (χ4v) is 3.86. The van der Waals surface area contributed by atoms with Crippen molar-refractivity contribution in [1.29, 1.82) is 0 Å². The first kappa shape index (κ1) is 17.3. The monoisotopic (exact) mass is 387 g/mol. The number of para-hydroxylation sites is 2. The molecule has 3 heterocycles. The number of anilines is 2. The van der Waals surface area contributed by atoms with Gasteiger partial charge in [0.25, 0.3) is 5.91 Å². The van der Waals surface area contributed by atoms with Crippen LogP contribution in [0.4, 0.5) is 11.5 Å². The first-order valence-corrected chi connectivity index (χ1v) is 10.0. The highest BCUT2D eigenvalue weighted by Gasteiger charge is 2.35. The number of nitrogens with zero attached hydrogens (tertiary/aromatic N) is 3. The van der Waals surface area contributed by atoms with Crippen molar-refractivity contribution in [2.45, 2.75) is 13.0 Å². The van der Waals surface area contributed by atoms with Crippen LogP contribution >= 0.6 is 0 Å². The second-order valence-corrected chi connectivity index (χ2v) is 8.19. The summed E-state index contributed by atoms with van der Waals surface area (Å²) >= 11 is 0. The van der Waals surface area contributed by atoms with E-state index in [2.05, 4.69) is 20.5 Å². The molecule has 1 aliphatic heterocycles. The Morgan fingerprint density at radius 3 is 2.85 bits per heavy atom. The molecule has 10 heteroatoms. The molecule has 140 valence electrons. The summed E-state index contributed by atoms with van der Waals surface area (Å²) in [6.45, 7) is 1.73. The van der Waals surface area contributed by atoms with Gasteiger partial charge in [-0.25, -0.2) is 13.4 Å². The lowest BCUT2D eigenvalue weighted by atomic mass is 10.2. The molecule has 3 aromatic rings. The zero-order valence-corrected chi connectivity index (χ0v) is 15.4. The molecule has 1 atom stereocenters. The lowest BCUT2D eigenvalue weighted by molar-refractivity contribution is -0.122. The fourth-order valence-electron chi connectivity index (χ4n) is 2.95. The molecule has 0 radical (unpaired) electrons. The number of ether oxygens (including phenoxy) is 1. The molecule has 0 saturated carbocycles. The van der Waals surface area contributed by atoms with Crippen LogP contribution in [-0.4, -0.2) is 48.4 Å². The molecule has 2 aromatic heterocycles. The summed E-state index contributed by atoms with van der Waals surface area (Å²) in [6.07, 6.45) is 0.0824. The zero-order valence-electron chi connectivity index (χ0n) is 14.6. The van der Waals surface area contributed by atoms with E-state index in [4.69, 9.17) is 4.74 Å². The van der Waals surface area contributed by atoms with Crippen LogP contribution < -0.4 is 14.4 Å². The SMILES string of the molecule is Cc1ccc2c(NC(=O)[C@H]3CN(S(C)(=O)=O)c4ccccc4O3)n[nH]c2n1. The number of pyridine rings is 1. The average molecular weight is 387 g/mol. The Hall–Kier alpha value is -3.14. The van der Waals surface area contributed by atoms with Crippen molar-refractivity contribution in [3.05, 3.63) is 42.1 Å². The van der Waals surface area contributed by atoms with Crippen LogP contribution in [0.15, 0.2) is 36.4 Å². The van der Waals surface area contributed by atoms with Gasteiger partial charge in [0, 0.05) is 5.69 Å². The van der Waals surface area contributed by atoms with Crippen LogP contribution in [0.25, 0.3) is 11.0 Å². The smallest absolute Gasteiger partial charge is 0.268 e. The molecule has 27 heavy (non-hydrogen) atoms. The number of hydrogen-bond acceptors (Lipinski definition) is 6. The van der Waals surface area contributed by atoms with Gasteiger partial charge in [-0.05, 0) is 31.2 Å². The van der Waals surface area contributed by atoms with E-state index in [0.29, 0.717) is 28.3 Å². The number of aromatic nitrogens is 3. The second-order valence-electron chi connectivity index (χ2n) is 6.28. The van der Waals surface area contributed by atoms with Crippen molar-refractivity contribution in [2.75, 3.05) is 22.4 Å². The Labute approximate surface area is 155 Å². The van der Waals surface area contributed by atoms with Gasteiger partial charge in [0.05, 0.1) is 23.9 Å². The fraction of sp³-hybridized carbons (Fsp3) is 0.235. The summed E-state index contributed by atoms with van der Waals surface area (Å²) in [5, 5.41) is 10.2. The Balaban J connectivity index is 1.62. The molecule has 4 rings (SSSR count). The molecule has 0 spiro atoms. The summed E-state index contributed by atoms with van der Waals surface area (Å²) in [5.74, 6) is 0.154. The van der Waals surface area contributed by atoms with E-state index < -0.39 is 22.0 Å². The number of amides is 1. The Kier molecular flexibility index (Phi) is 3.99. The molecule has 1 amide bonds. The number of hydrogen-bond donors (Lipinski definition) is 2. The molecule has 0 aliphatic carbocycles. The average Bonchev–Trinajstić information content (AvgIpc) is 3.01. The summed E-state index contributed by atoms with van der Waals surface area (Å²) in [4.78, 5) is 17.0. The van der Waals surface area contributed by atoms with Gasteiger partial charge in [0.15, 0.2) is 17.6 Å². The lowest BCUT2D eigenvalue weighted by Crippen LogP contribution is -2.48. The predicted octanol–water partition coefficient (Wildman–Crippen LogP) is 1.43. The quantitative estimate of drug-likeness (QED) is 0.702. The molecule has 0 unspecified atom stereocenters. The summed E-state index contributed by atoms with van der Waals surface area (Å²) in [5.41, 5.74) is 1.78. The Bertz CT molecular complexity index is 1140. The lowest BCUT2D eigenvalue weighted by Gasteiger charge is -2.33. The van der Waals surface area contributed by atoms with Crippen molar-refractivity contribution in [3.63, 3.8) is 0 Å². The highest BCUT2D eigenvalue weighted by atomic mass is 32.2. The van der Waals surface area contributed by atoms with E-state index >= 15 is 0 Å². The zero-order chi connectivity index (χ0) is 19.2. The maximum absolute atomic E-state index is 12.7. The standard InChI is InChI=1S/C17H17N5O4S/c1-10-7-8-11-15(18-10)20-21-16(11)19-17(23)14-9-22(27(2,24)25)12-5-3-4-6-13(12)26-14/h3-8,14H,9H2,1-2H3,(H2,18,19,20,21,23)/t14-/m1/s1. The van der Waals surface area contributed by atoms with Crippen molar-refractivity contribution in [1.82, 2.24) is 15.2 Å². The first-order valence-electron chi connectivity index (χ1n) is 8.19. The predicted molar refractivity (Wildman–Crippen MR) is 100 cm³/mol. The van der Waals surface area contributed by atoms with E-state index in [1.807, 2.05) is 13.0 Å². The third-order valence-corrected chi connectivity index (χ3v) is 5.38. The minimum absolute atomic E-state index is 0.124. The maximum Gasteiger partial charge on any atom is 0.268 e. The summed E-state index contributed by atoms with van der Waals surface area (Å²) < 4.78 is 31.2. The van der Waals surface area contributed by atoms with E-state index in [1.54, 1.807) is 30.3 Å². The largest absolute Gasteiger partial charge is 0.476 e. The molecular weight excluding hydrogens is 370 g/mol. The summed E-state index contributed by atoms with van der Waals surface area (Å²) in [6, 6.07) is 10.3. The van der Waals surface area contributed by atoms with Gasteiger partial charge in [-0.2, -0.15) is 5.10 Å². The maximum atomic E-state index is 12.7. The third kappa shape index (κ3) is 3.19. The number of rotatable bonds is 3. The van der Waals surface area contributed by atoms with Gasteiger partial charge in [0.1, 0.15) is 5.75 Å². The van der Waals surface area contributed by atoms with Crippen molar-refractivity contribution in [2.24, 2.45) is 0 Å². The number of sulfonamides is 1. The van der Waals surface area contributed by atoms with Crippen LogP contribution in [-0.2, 0) is 14.8 Å². The van der Waals surface area contributed by atoms with Gasteiger partial charge in [-0.3, -0.25) is 14.2 Å². The van der Waals surface area contributed by atoms with Crippen LogP contribution in [0.3, 0.4) is 0 Å². The van der Waals surface area contributed by atoms with E-state index in [0.717, 1.165) is 11.9 Å². The molecule has 9 nitrogen and oxygen atoms in total. The molecule has 0 bridgehead atoms. The number of nitrogens with one attached hydrogen (secondary N) is 2. The van der Waals surface area contributed by atoms with Gasteiger partial charge in [0.2, 0.25) is 10.0 Å². The topological polar surface area (TPSA) is 117 Å². The minimum Gasteiger partial charge on any atom is -0.476 e. The van der Waals surface area contributed by atoms with E-state index in [-0.39, 0.29) is 6.54 Å². The number of benzene rings is 1. The molecule has 2 N–H and O–H groups in total. The van der Waals surface area contributed by atoms with Crippen molar-refractivity contribution in [3.8, 4) is 5.75 Å². The first-order chi connectivity index (χ1) is 12.8. The second kappa shape index (κ2) is 6.23. The van der Waals surface area contributed by atoms with Crippen LogP contribution in [0.1, 0.15) is 5.69 Å². The van der Waals surface area contributed by atoms with Crippen molar-refractivity contribution < 1.29 is 17.9 Å². The molecule has 1 aliphatic rings. The summed E-state index contributed by atoms with van der Waals surface area (Å²) in [7, 11) is -3.57. The van der Waals surface area contributed by atoms with Crippen molar-refractivity contribution >= 4 is 38.5 Å². The number of carbonyl (C=O) groups excluding carboxylic acids is 1. The minimum atomic E-state index is -3.57. The molecule has 1 aromatic carbocycles. The molecular formula is C17H17N5O4S. The van der Waals surface area contributed by atoms with Gasteiger partial charge in [-0.1, -0.05) is 12.1 Å². The number of fused-ring (bicyclic) bond motifs is 2. The molecule has 0 fully saturated rings. The van der Waals surface area contributed by atoms with Crippen LogP contribution in [0, 0.1) is 6.92 Å². The van der Waals surface area contributed by atoms with E-state index in [1.165, 1.54) is 4.31 Å². The number of aromatic amines is 1. The third-order valence-electron chi connectivity index (χ3n) is 4.23. The highest BCUT2D eigenvalue weighted by molar-refractivity contribution is 7.92.